The van der Waals surface area contributed by atoms with Crippen molar-refractivity contribution in [2.24, 2.45) is 0 Å². The first kappa shape index (κ1) is 14.2. The Hall–Kier alpha value is -0.820. The SMILES string of the molecule is CCCNC(C)CC(C)c1cc(C)cc(C)c1. The molecule has 0 aromatic heterocycles. The normalized spacial score (nSPS) is 14.6. The highest BCUT2D eigenvalue weighted by molar-refractivity contribution is 5.30. The molecule has 0 aliphatic heterocycles. The van der Waals surface area contributed by atoms with Crippen LogP contribution in [0.2, 0.25) is 0 Å². The van der Waals surface area contributed by atoms with E-state index in [1.165, 1.54) is 29.5 Å². The maximum atomic E-state index is 3.56. The van der Waals surface area contributed by atoms with Gasteiger partial charge in [-0.3, -0.25) is 0 Å². The Morgan fingerprint density at radius 1 is 1.06 bits per heavy atom. The summed E-state index contributed by atoms with van der Waals surface area (Å²) in [6.45, 7) is 12.3. The summed E-state index contributed by atoms with van der Waals surface area (Å²) < 4.78 is 0. The van der Waals surface area contributed by atoms with Crippen molar-refractivity contribution in [2.45, 2.75) is 59.4 Å². The van der Waals surface area contributed by atoms with Crippen LogP contribution in [0.5, 0.6) is 0 Å². The molecule has 1 nitrogen and oxygen atoms in total. The summed E-state index contributed by atoms with van der Waals surface area (Å²) in [6.07, 6.45) is 2.42. The van der Waals surface area contributed by atoms with Crippen molar-refractivity contribution in [2.75, 3.05) is 6.54 Å². The van der Waals surface area contributed by atoms with E-state index in [0.29, 0.717) is 12.0 Å². The molecule has 1 rings (SSSR count). The van der Waals surface area contributed by atoms with Crippen LogP contribution in [-0.4, -0.2) is 12.6 Å². The quantitative estimate of drug-likeness (QED) is 0.777. The molecule has 0 saturated heterocycles. The Balaban J connectivity index is 2.59. The molecule has 0 bridgehead atoms. The molecule has 0 fully saturated rings. The molecule has 96 valence electrons. The van der Waals surface area contributed by atoms with Crippen molar-refractivity contribution in [3.8, 4) is 0 Å². The second kappa shape index (κ2) is 6.80. The van der Waals surface area contributed by atoms with E-state index in [4.69, 9.17) is 0 Å². The molecule has 0 spiro atoms. The highest BCUT2D eigenvalue weighted by atomic mass is 14.9. The Labute approximate surface area is 107 Å². The molecule has 0 aliphatic rings. The Bertz CT molecular complexity index is 323. The maximum Gasteiger partial charge on any atom is 0.00444 e. The van der Waals surface area contributed by atoms with E-state index in [0.717, 1.165) is 6.54 Å². The van der Waals surface area contributed by atoms with E-state index in [2.05, 4.69) is 58.1 Å². The van der Waals surface area contributed by atoms with Gasteiger partial charge >= 0.3 is 0 Å². The monoisotopic (exact) mass is 233 g/mol. The van der Waals surface area contributed by atoms with E-state index in [-0.39, 0.29) is 0 Å². The van der Waals surface area contributed by atoms with Gasteiger partial charge in [0.25, 0.3) is 0 Å². The number of hydrogen-bond donors (Lipinski definition) is 1. The van der Waals surface area contributed by atoms with Crippen molar-refractivity contribution in [3.63, 3.8) is 0 Å². The third-order valence-corrected chi connectivity index (χ3v) is 3.26. The average Bonchev–Trinajstić information content (AvgIpc) is 2.25. The first-order valence-electron chi connectivity index (χ1n) is 6.84. The van der Waals surface area contributed by atoms with Crippen molar-refractivity contribution < 1.29 is 0 Å². The average molecular weight is 233 g/mol. The first-order chi connectivity index (χ1) is 8.02. The van der Waals surface area contributed by atoms with Gasteiger partial charge in [-0.15, -0.1) is 0 Å². The predicted octanol–water partition coefficient (Wildman–Crippen LogP) is 4.19. The lowest BCUT2D eigenvalue weighted by atomic mass is 9.92. The van der Waals surface area contributed by atoms with Crippen LogP contribution in [0.15, 0.2) is 18.2 Å². The molecule has 1 N–H and O–H groups in total. The van der Waals surface area contributed by atoms with Crippen molar-refractivity contribution in [1.29, 1.82) is 0 Å². The first-order valence-corrected chi connectivity index (χ1v) is 6.84. The predicted molar refractivity (Wildman–Crippen MR) is 76.7 cm³/mol. The Morgan fingerprint density at radius 3 is 2.18 bits per heavy atom. The second-order valence-electron chi connectivity index (χ2n) is 5.41. The van der Waals surface area contributed by atoms with Gasteiger partial charge in [0.15, 0.2) is 0 Å². The Kier molecular flexibility index (Phi) is 5.70. The standard InChI is InChI=1S/C16H27N/c1-6-7-17-15(5)11-14(4)16-9-12(2)8-13(3)10-16/h8-10,14-15,17H,6-7,11H2,1-5H3. The number of rotatable bonds is 6. The zero-order chi connectivity index (χ0) is 12.8. The van der Waals surface area contributed by atoms with Crippen molar-refractivity contribution in [3.05, 3.63) is 34.9 Å². The van der Waals surface area contributed by atoms with Gasteiger partial charge in [0, 0.05) is 6.04 Å². The van der Waals surface area contributed by atoms with E-state index < -0.39 is 0 Å². The number of aryl methyl sites for hydroxylation is 2. The fraction of sp³-hybridized carbons (Fsp3) is 0.625. The largest absolute Gasteiger partial charge is 0.314 e. The van der Waals surface area contributed by atoms with E-state index in [1.54, 1.807) is 0 Å². The molecular formula is C16H27N. The minimum atomic E-state index is 0.603. The molecule has 2 atom stereocenters. The van der Waals surface area contributed by atoms with E-state index in [9.17, 15) is 0 Å². The molecule has 0 amide bonds. The summed E-state index contributed by atoms with van der Waals surface area (Å²) in [5.74, 6) is 0.632. The minimum Gasteiger partial charge on any atom is -0.314 e. The molecular weight excluding hydrogens is 206 g/mol. The van der Waals surface area contributed by atoms with Gasteiger partial charge < -0.3 is 5.32 Å². The van der Waals surface area contributed by atoms with Crippen LogP contribution in [0.25, 0.3) is 0 Å². The summed E-state index contributed by atoms with van der Waals surface area (Å²) in [5.41, 5.74) is 4.23. The summed E-state index contributed by atoms with van der Waals surface area (Å²) in [4.78, 5) is 0. The molecule has 1 heteroatoms. The van der Waals surface area contributed by atoms with Crippen LogP contribution in [0.4, 0.5) is 0 Å². The van der Waals surface area contributed by atoms with Gasteiger partial charge in [-0.25, -0.2) is 0 Å². The van der Waals surface area contributed by atoms with Crippen LogP contribution in [0.1, 0.15) is 56.2 Å². The van der Waals surface area contributed by atoms with Gasteiger partial charge in [0.05, 0.1) is 0 Å². The lowest BCUT2D eigenvalue weighted by molar-refractivity contribution is 0.479. The van der Waals surface area contributed by atoms with E-state index >= 15 is 0 Å². The van der Waals surface area contributed by atoms with Crippen LogP contribution in [0.3, 0.4) is 0 Å². The van der Waals surface area contributed by atoms with Crippen LogP contribution in [0, 0.1) is 13.8 Å². The fourth-order valence-electron chi connectivity index (χ4n) is 2.43. The van der Waals surface area contributed by atoms with Crippen LogP contribution >= 0.6 is 0 Å². The molecule has 1 aromatic rings. The van der Waals surface area contributed by atoms with E-state index in [1.807, 2.05) is 0 Å². The lowest BCUT2D eigenvalue weighted by Gasteiger charge is -2.19. The number of nitrogens with one attached hydrogen (secondary N) is 1. The second-order valence-corrected chi connectivity index (χ2v) is 5.41. The maximum absolute atomic E-state index is 3.56. The topological polar surface area (TPSA) is 12.0 Å². The lowest BCUT2D eigenvalue weighted by Crippen LogP contribution is -2.28. The van der Waals surface area contributed by atoms with Crippen LogP contribution < -0.4 is 5.32 Å². The Morgan fingerprint density at radius 2 is 1.65 bits per heavy atom. The van der Waals surface area contributed by atoms with Gasteiger partial charge in [-0.2, -0.15) is 0 Å². The van der Waals surface area contributed by atoms with Crippen LogP contribution in [-0.2, 0) is 0 Å². The number of benzene rings is 1. The fourth-order valence-corrected chi connectivity index (χ4v) is 2.43. The summed E-state index contributed by atoms with van der Waals surface area (Å²) in [7, 11) is 0. The van der Waals surface area contributed by atoms with Gasteiger partial charge in [-0.05, 0) is 51.6 Å². The molecule has 0 aliphatic carbocycles. The molecule has 17 heavy (non-hydrogen) atoms. The molecule has 2 unspecified atom stereocenters. The number of hydrogen-bond acceptors (Lipinski definition) is 1. The van der Waals surface area contributed by atoms with Crippen molar-refractivity contribution >= 4 is 0 Å². The summed E-state index contributed by atoms with van der Waals surface area (Å²) in [5, 5.41) is 3.56. The minimum absolute atomic E-state index is 0.603. The third kappa shape index (κ3) is 4.91. The van der Waals surface area contributed by atoms with Crippen molar-refractivity contribution in [1.82, 2.24) is 5.32 Å². The molecule has 1 aromatic carbocycles. The smallest absolute Gasteiger partial charge is 0.00444 e. The molecule has 0 saturated carbocycles. The third-order valence-electron chi connectivity index (χ3n) is 3.26. The van der Waals surface area contributed by atoms with Gasteiger partial charge in [-0.1, -0.05) is 43.2 Å². The zero-order valence-electron chi connectivity index (χ0n) is 12.0. The van der Waals surface area contributed by atoms with Gasteiger partial charge in [0.1, 0.15) is 0 Å². The highest BCUT2D eigenvalue weighted by Crippen LogP contribution is 2.22. The molecule has 0 radical (unpaired) electrons. The summed E-state index contributed by atoms with van der Waals surface area (Å²) in [6, 6.07) is 7.49. The molecule has 0 heterocycles. The summed E-state index contributed by atoms with van der Waals surface area (Å²) >= 11 is 0. The highest BCUT2D eigenvalue weighted by Gasteiger charge is 2.10. The van der Waals surface area contributed by atoms with Gasteiger partial charge in [0.2, 0.25) is 0 Å². The zero-order valence-corrected chi connectivity index (χ0v) is 12.0.